The van der Waals surface area contributed by atoms with Gasteiger partial charge in [-0.25, -0.2) is 0 Å². The molecule has 1 unspecified atom stereocenters. The van der Waals surface area contributed by atoms with Crippen LogP contribution in [-0.2, 0) is 9.59 Å². The highest BCUT2D eigenvalue weighted by molar-refractivity contribution is 6.04. The molecule has 0 aromatic carbocycles. The highest BCUT2D eigenvalue weighted by Crippen LogP contribution is 2.27. The van der Waals surface area contributed by atoms with Crippen LogP contribution < -0.4 is 0 Å². The summed E-state index contributed by atoms with van der Waals surface area (Å²) in [4.78, 5) is 28.9. The first kappa shape index (κ1) is 14.4. The number of likely N-dealkylation sites (tertiary alicyclic amines) is 2. The van der Waals surface area contributed by atoms with Crippen LogP contribution in [0.3, 0.4) is 0 Å². The van der Waals surface area contributed by atoms with Crippen molar-refractivity contribution in [3.8, 4) is 0 Å². The van der Waals surface area contributed by atoms with Gasteiger partial charge in [0.1, 0.15) is 5.41 Å². The van der Waals surface area contributed by atoms with Crippen molar-refractivity contribution in [2.75, 3.05) is 26.2 Å². The van der Waals surface area contributed by atoms with Gasteiger partial charge < -0.3 is 9.80 Å². The second-order valence-corrected chi connectivity index (χ2v) is 6.62. The number of carbonyl (C=O) groups excluding carboxylic acids is 2. The number of amides is 2. The van der Waals surface area contributed by atoms with Crippen LogP contribution >= 0.6 is 0 Å². The molecule has 2 heterocycles. The van der Waals surface area contributed by atoms with E-state index in [1.54, 1.807) is 13.8 Å². The predicted octanol–water partition coefficient (Wildman–Crippen LogP) is 1.89. The molecular formula is C15H26N2O2. The van der Waals surface area contributed by atoms with Gasteiger partial charge in [-0.2, -0.15) is 0 Å². The molecule has 0 aromatic heterocycles. The van der Waals surface area contributed by atoms with Crippen LogP contribution in [0.5, 0.6) is 0 Å². The highest BCUT2D eigenvalue weighted by Gasteiger charge is 2.42. The summed E-state index contributed by atoms with van der Waals surface area (Å²) in [5.74, 6) is 0.569. The average molecular weight is 266 g/mol. The maximum atomic E-state index is 12.6. The summed E-state index contributed by atoms with van der Waals surface area (Å²) < 4.78 is 0. The van der Waals surface area contributed by atoms with Crippen LogP contribution in [0.15, 0.2) is 0 Å². The van der Waals surface area contributed by atoms with E-state index in [1.807, 2.05) is 9.80 Å². The van der Waals surface area contributed by atoms with Gasteiger partial charge in [-0.3, -0.25) is 9.59 Å². The molecule has 0 bridgehead atoms. The summed E-state index contributed by atoms with van der Waals surface area (Å²) >= 11 is 0. The number of piperidine rings is 1. The van der Waals surface area contributed by atoms with E-state index in [0.717, 1.165) is 45.4 Å². The zero-order valence-electron chi connectivity index (χ0n) is 12.4. The summed E-state index contributed by atoms with van der Waals surface area (Å²) in [5, 5.41) is 0. The number of hydrogen-bond acceptors (Lipinski definition) is 2. The SMILES string of the molecule is CC1CCCN(C(=O)C(C)(C)C(=O)N2CCCC2)C1. The fourth-order valence-corrected chi connectivity index (χ4v) is 3.18. The molecule has 2 rings (SSSR count). The first-order valence-corrected chi connectivity index (χ1v) is 7.51. The Morgan fingerprint density at radius 2 is 1.47 bits per heavy atom. The monoisotopic (exact) mass is 266 g/mol. The Kier molecular flexibility index (Phi) is 4.16. The molecule has 0 saturated carbocycles. The molecule has 1 atom stereocenters. The molecule has 0 aromatic rings. The summed E-state index contributed by atoms with van der Waals surface area (Å²) in [6, 6.07) is 0. The van der Waals surface area contributed by atoms with Gasteiger partial charge in [-0.1, -0.05) is 6.92 Å². The second-order valence-electron chi connectivity index (χ2n) is 6.62. The second kappa shape index (κ2) is 5.51. The summed E-state index contributed by atoms with van der Waals surface area (Å²) in [6.07, 6.45) is 4.37. The third-order valence-corrected chi connectivity index (χ3v) is 4.41. The van der Waals surface area contributed by atoms with Gasteiger partial charge in [0.25, 0.3) is 0 Å². The van der Waals surface area contributed by atoms with Crippen molar-refractivity contribution in [1.29, 1.82) is 0 Å². The topological polar surface area (TPSA) is 40.6 Å². The Balaban J connectivity index is 2.04. The lowest BCUT2D eigenvalue weighted by atomic mass is 9.88. The van der Waals surface area contributed by atoms with Crippen molar-refractivity contribution in [2.45, 2.75) is 46.5 Å². The van der Waals surface area contributed by atoms with Crippen LogP contribution in [0.2, 0.25) is 0 Å². The van der Waals surface area contributed by atoms with E-state index in [4.69, 9.17) is 0 Å². The Bertz CT molecular complexity index is 359. The van der Waals surface area contributed by atoms with E-state index in [0.29, 0.717) is 5.92 Å². The van der Waals surface area contributed by atoms with Crippen molar-refractivity contribution in [3.63, 3.8) is 0 Å². The lowest BCUT2D eigenvalue weighted by Crippen LogP contribution is -2.52. The predicted molar refractivity (Wildman–Crippen MR) is 74.6 cm³/mol. The number of nitrogens with zero attached hydrogens (tertiary/aromatic N) is 2. The third kappa shape index (κ3) is 2.93. The lowest BCUT2D eigenvalue weighted by Gasteiger charge is -2.37. The molecular weight excluding hydrogens is 240 g/mol. The van der Waals surface area contributed by atoms with Crippen molar-refractivity contribution < 1.29 is 9.59 Å². The van der Waals surface area contributed by atoms with Gasteiger partial charge in [-0.05, 0) is 45.4 Å². The fraction of sp³-hybridized carbons (Fsp3) is 0.867. The molecule has 2 fully saturated rings. The third-order valence-electron chi connectivity index (χ3n) is 4.41. The van der Waals surface area contributed by atoms with Crippen molar-refractivity contribution in [3.05, 3.63) is 0 Å². The van der Waals surface area contributed by atoms with Gasteiger partial charge in [0.05, 0.1) is 0 Å². The first-order valence-electron chi connectivity index (χ1n) is 7.51. The van der Waals surface area contributed by atoms with Gasteiger partial charge in [-0.15, -0.1) is 0 Å². The maximum Gasteiger partial charge on any atom is 0.237 e. The van der Waals surface area contributed by atoms with E-state index in [-0.39, 0.29) is 11.8 Å². The largest absolute Gasteiger partial charge is 0.342 e. The van der Waals surface area contributed by atoms with Crippen molar-refractivity contribution >= 4 is 11.8 Å². The molecule has 2 saturated heterocycles. The van der Waals surface area contributed by atoms with Gasteiger partial charge in [0, 0.05) is 26.2 Å². The summed E-state index contributed by atoms with van der Waals surface area (Å²) in [6.45, 7) is 8.98. The Morgan fingerprint density at radius 1 is 0.947 bits per heavy atom. The van der Waals surface area contributed by atoms with E-state index >= 15 is 0 Å². The molecule has 2 aliphatic heterocycles. The first-order chi connectivity index (χ1) is 8.93. The van der Waals surface area contributed by atoms with Crippen molar-refractivity contribution in [1.82, 2.24) is 9.80 Å². The Labute approximate surface area is 116 Å². The van der Waals surface area contributed by atoms with Crippen LogP contribution in [0.25, 0.3) is 0 Å². The van der Waals surface area contributed by atoms with Gasteiger partial charge in [0.15, 0.2) is 0 Å². The fourth-order valence-electron chi connectivity index (χ4n) is 3.18. The molecule has 2 amide bonds. The lowest BCUT2D eigenvalue weighted by molar-refractivity contribution is -0.154. The molecule has 0 aliphatic carbocycles. The number of hydrogen-bond donors (Lipinski definition) is 0. The molecule has 0 radical (unpaired) electrons. The van der Waals surface area contributed by atoms with Crippen LogP contribution in [0, 0.1) is 11.3 Å². The number of rotatable bonds is 2. The molecule has 0 spiro atoms. The standard InChI is InChI=1S/C15H26N2O2/c1-12-7-6-10-17(11-12)14(19)15(2,3)13(18)16-8-4-5-9-16/h12H,4-11H2,1-3H3. The van der Waals surface area contributed by atoms with Gasteiger partial charge >= 0.3 is 0 Å². The molecule has 2 aliphatic rings. The molecule has 108 valence electrons. The average Bonchev–Trinajstić information content (AvgIpc) is 2.90. The minimum atomic E-state index is -0.901. The van der Waals surface area contributed by atoms with Crippen LogP contribution in [-0.4, -0.2) is 47.8 Å². The van der Waals surface area contributed by atoms with Gasteiger partial charge in [0.2, 0.25) is 11.8 Å². The van der Waals surface area contributed by atoms with E-state index < -0.39 is 5.41 Å². The Morgan fingerprint density at radius 3 is 2.05 bits per heavy atom. The summed E-state index contributed by atoms with van der Waals surface area (Å²) in [7, 11) is 0. The normalized spacial score (nSPS) is 24.7. The van der Waals surface area contributed by atoms with Crippen LogP contribution in [0.1, 0.15) is 46.5 Å². The molecule has 4 nitrogen and oxygen atoms in total. The Hall–Kier alpha value is -1.06. The van der Waals surface area contributed by atoms with E-state index in [1.165, 1.54) is 6.42 Å². The van der Waals surface area contributed by atoms with E-state index in [2.05, 4.69) is 6.92 Å². The summed E-state index contributed by atoms with van der Waals surface area (Å²) in [5.41, 5.74) is -0.901. The number of carbonyl (C=O) groups is 2. The minimum Gasteiger partial charge on any atom is -0.342 e. The highest BCUT2D eigenvalue weighted by atomic mass is 16.2. The smallest absolute Gasteiger partial charge is 0.237 e. The molecule has 0 N–H and O–H groups in total. The van der Waals surface area contributed by atoms with Crippen molar-refractivity contribution in [2.24, 2.45) is 11.3 Å². The zero-order chi connectivity index (χ0) is 14.0. The molecule has 4 heteroatoms. The van der Waals surface area contributed by atoms with Crippen LogP contribution in [0.4, 0.5) is 0 Å². The molecule has 19 heavy (non-hydrogen) atoms. The van der Waals surface area contributed by atoms with E-state index in [9.17, 15) is 9.59 Å². The zero-order valence-corrected chi connectivity index (χ0v) is 12.4. The minimum absolute atomic E-state index is 0.00762. The quantitative estimate of drug-likeness (QED) is 0.716. The maximum absolute atomic E-state index is 12.6.